The molecule has 0 spiro atoms. The highest BCUT2D eigenvalue weighted by atomic mass is 35.5. The molecule has 0 radical (unpaired) electrons. The maximum atomic E-state index is 9.44. The molecule has 0 rings (SSSR count). The van der Waals surface area contributed by atoms with Crippen LogP contribution >= 0.6 is 11.6 Å². The van der Waals surface area contributed by atoms with E-state index in [1.165, 1.54) is 12.8 Å². The molecule has 0 amide bonds. The van der Waals surface area contributed by atoms with E-state index < -0.39 is 0 Å². The summed E-state index contributed by atoms with van der Waals surface area (Å²) in [5.74, 6) is 1.08. The third kappa shape index (κ3) is 5.84. The molecule has 0 aromatic carbocycles. The van der Waals surface area contributed by atoms with Crippen LogP contribution in [0.25, 0.3) is 0 Å². The summed E-state index contributed by atoms with van der Waals surface area (Å²) in [4.78, 5) is 2.28. The maximum absolute atomic E-state index is 9.44. The van der Waals surface area contributed by atoms with Gasteiger partial charge >= 0.3 is 0 Å². The van der Waals surface area contributed by atoms with E-state index in [4.69, 9.17) is 11.6 Å². The highest BCUT2D eigenvalue weighted by molar-refractivity contribution is 6.18. The Bertz CT molecular complexity index is 128. The Morgan fingerprint density at radius 3 is 2.07 bits per heavy atom. The fourth-order valence-corrected chi connectivity index (χ4v) is 1.69. The number of alkyl halides is 1. The van der Waals surface area contributed by atoms with Crippen LogP contribution in [0.2, 0.25) is 0 Å². The first kappa shape index (κ1) is 14.2. The molecule has 0 saturated carbocycles. The average Bonchev–Trinajstić information content (AvgIpc) is 2.23. The van der Waals surface area contributed by atoms with E-state index in [1.54, 1.807) is 0 Å². The first-order valence-corrected chi connectivity index (χ1v) is 6.17. The lowest BCUT2D eigenvalue weighted by atomic mass is 10.0. The van der Waals surface area contributed by atoms with Crippen molar-refractivity contribution in [2.45, 2.75) is 39.7 Å². The Balaban J connectivity index is 3.88. The zero-order chi connectivity index (χ0) is 11.0. The molecule has 3 heteroatoms. The van der Waals surface area contributed by atoms with E-state index in [0.717, 1.165) is 19.0 Å². The molecule has 0 aromatic heterocycles. The van der Waals surface area contributed by atoms with Crippen molar-refractivity contribution in [1.82, 2.24) is 4.90 Å². The molecule has 0 aliphatic carbocycles. The summed E-state index contributed by atoms with van der Waals surface area (Å²) in [7, 11) is 0. The van der Waals surface area contributed by atoms with Gasteiger partial charge in [0, 0.05) is 19.0 Å². The van der Waals surface area contributed by atoms with Crippen LogP contribution in [0.1, 0.15) is 33.6 Å². The highest BCUT2D eigenvalue weighted by Crippen LogP contribution is 2.10. The Labute approximate surface area is 93.2 Å². The summed E-state index contributed by atoms with van der Waals surface area (Å²) in [6.07, 6.45) is 2.04. The van der Waals surface area contributed by atoms with E-state index in [2.05, 4.69) is 25.7 Å². The fraction of sp³-hybridized carbons (Fsp3) is 1.00. The van der Waals surface area contributed by atoms with Gasteiger partial charge in [0.15, 0.2) is 0 Å². The largest absolute Gasteiger partial charge is 0.391 e. The van der Waals surface area contributed by atoms with Gasteiger partial charge in [-0.25, -0.2) is 0 Å². The number of halogens is 1. The molecule has 1 atom stereocenters. The van der Waals surface area contributed by atoms with E-state index in [1.807, 2.05) is 0 Å². The van der Waals surface area contributed by atoms with E-state index in [9.17, 15) is 5.11 Å². The SMILES string of the molecule is CCC(CC)CN(CC)CC(O)CCl. The van der Waals surface area contributed by atoms with Crippen LogP contribution in [0.15, 0.2) is 0 Å². The molecule has 14 heavy (non-hydrogen) atoms. The van der Waals surface area contributed by atoms with Gasteiger partial charge in [-0.15, -0.1) is 11.6 Å². The lowest BCUT2D eigenvalue weighted by Gasteiger charge is -2.26. The molecule has 0 aliphatic heterocycles. The van der Waals surface area contributed by atoms with Gasteiger partial charge in [-0.05, 0) is 12.5 Å². The first-order chi connectivity index (χ1) is 6.67. The van der Waals surface area contributed by atoms with Gasteiger partial charge in [0.05, 0.1) is 6.10 Å². The second-order valence-electron chi connectivity index (χ2n) is 3.84. The zero-order valence-corrected chi connectivity index (χ0v) is 10.4. The molecular formula is C11H24ClNO. The second-order valence-corrected chi connectivity index (χ2v) is 4.15. The lowest BCUT2D eigenvalue weighted by molar-refractivity contribution is 0.120. The van der Waals surface area contributed by atoms with Crippen LogP contribution in [0, 0.1) is 5.92 Å². The molecule has 1 N–H and O–H groups in total. The van der Waals surface area contributed by atoms with Gasteiger partial charge in [0.25, 0.3) is 0 Å². The lowest BCUT2D eigenvalue weighted by Crippen LogP contribution is -2.36. The number of aliphatic hydroxyl groups excluding tert-OH is 1. The molecule has 0 aliphatic rings. The van der Waals surface area contributed by atoms with Crippen molar-refractivity contribution in [2.75, 3.05) is 25.5 Å². The van der Waals surface area contributed by atoms with Crippen molar-refractivity contribution in [2.24, 2.45) is 5.92 Å². The summed E-state index contributed by atoms with van der Waals surface area (Å²) in [6, 6.07) is 0. The van der Waals surface area contributed by atoms with E-state index >= 15 is 0 Å². The summed E-state index contributed by atoms with van der Waals surface area (Å²) in [6.45, 7) is 9.35. The quantitative estimate of drug-likeness (QED) is 0.637. The molecule has 0 bridgehead atoms. The molecular weight excluding hydrogens is 198 g/mol. The van der Waals surface area contributed by atoms with Crippen molar-refractivity contribution in [1.29, 1.82) is 0 Å². The van der Waals surface area contributed by atoms with Crippen molar-refractivity contribution >= 4 is 11.6 Å². The van der Waals surface area contributed by atoms with Gasteiger partial charge in [-0.3, -0.25) is 0 Å². The summed E-state index contributed by atoms with van der Waals surface area (Å²) < 4.78 is 0. The Hall–Kier alpha value is 0.210. The van der Waals surface area contributed by atoms with Gasteiger partial charge in [0.2, 0.25) is 0 Å². The molecule has 0 saturated heterocycles. The first-order valence-electron chi connectivity index (χ1n) is 5.64. The van der Waals surface area contributed by atoms with Crippen LogP contribution < -0.4 is 0 Å². The number of nitrogens with zero attached hydrogens (tertiary/aromatic N) is 1. The summed E-state index contributed by atoms with van der Waals surface area (Å²) in [5.41, 5.74) is 0. The average molecular weight is 222 g/mol. The van der Waals surface area contributed by atoms with Gasteiger partial charge < -0.3 is 10.0 Å². The Morgan fingerprint density at radius 1 is 1.14 bits per heavy atom. The molecule has 0 fully saturated rings. The highest BCUT2D eigenvalue weighted by Gasteiger charge is 2.13. The molecule has 0 aromatic rings. The minimum Gasteiger partial charge on any atom is -0.391 e. The van der Waals surface area contributed by atoms with E-state index in [0.29, 0.717) is 12.4 Å². The Morgan fingerprint density at radius 2 is 1.71 bits per heavy atom. The van der Waals surface area contributed by atoms with Crippen LogP contribution in [-0.4, -0.2) is 41.6 Å². The van der Waals surface area contributed by atoms with Crippen molar-refractivity contribution < 1.29 is 5.11 Å². The minimum absolute atomic E-state index is 0.333. The van der Waals surface area contributed by atoms with Gasteiger partial charge in [0.1, 0.15) is 0 Å². The monoisotopic (exact) mass is 221 g/mol. The van der Waals surface area contributed by atoms with Crippen LogP contribution in [0.3, 0.4) is 0 Å². The van der Waals surface area contributed by atoms with Crippen molar-refractivity contribution in [3.63, 3.8) is 0 Å². The normalized spacial score (nSPS) is 13.9. The van der Waals surface area contributed by atoms with Crippen LogP contribution in [0.4, 0.5) is 0 Å². The maximum Gasteiger partial charge on any atom is 0.0802 e. The predicted molar refractivity (Wildman–Crippen MR) is 62.9 cm³/mol. The topological polar surface area (TPSA) is 23.5 Å². The van der Waals surface area contributed by atoms with Crippen molar-refractivity contribution in [3.05, 3.63) is 0 Å². The third-order valence-electron chi connectivity index (χ3n) is 2.77. The third-order valence-corrected chi connectivity index (χ3v) is 3.12. The number of hydrogen-bond acceptors (Lipinski definition) is 2. The van der Waals surface area contributed by atoms with Crippen LogP contribution in [0.5, 0.6) is 0 Å². The smallest absolute Gasteiger partial charge is 0.0802 e. The summed E-state index contributed by atoms with van der Waals surface area (Å²) in [5, 5.41) is 9.44. The second kappa shape index (κ2) is 8.51. The van der Waals surface area contributed by atoms with Crippen LogP contribution in [-0.2, 0) is 0 Å². The summed E-state index contributed by atoms with van der Waals surface area (Å²) >= 11 is 5.58. The zero-order valence-electron chi connectivity index (χ0n) is 9.67. The molecule has 86 valence electrons. The van der Waals surface area contributed by atoms with Crippen molar-refractivity contribution in [3.8, 4) is 0 Å². The molecule has 1 unspecified atom stereocenters. The molecule has 0 heterocycles. The predicted octanol–water partition coefficient (Wildman–Crippen LogP) is 2.34. The van der Waals surface area contributed by atoms with Gasteiger partial charge in [-0.1, -0.05) is 33.6 Å². The fourth-order valence-electron chi connectivity index (χ4n) is 1.59. The van der Waals surface area contributed by atoms with E-state index in [-0.39, 0.29) is 6.10 Å². The number of rotatable bonds is 8. The standard InChI is InChI=1S/C11H24ClNO/c1-4-10(5-2)8-13(6-3)9-11(14)7-12/h10-11,14H,4-9H2,1-3H3. The number of aliphatic hydroxyl groups is 1. The Kier molecular flexibility index (Phi) is 8.64. The molecule has 2 nitrogen and oxygen atoms in total. The van der Waals surface area contributed by atoms with Gasteiger partial charge in [-0.2, -0.15) is 0 Å². The minimum atomic E-state index is -0.383. The number of likely N-dealkylation sites (N-methyl/N-ethyl adjacent to an activating group) is 1. The number of hydrogen-bond donors (Lipinski definition) is 1.